The van der Waals surface area contributed by atoms with Gasteiger partial charge in [-0.1, -0.05) is 6.07 Å². The minimum absolute atomic E-state index is 0.0970. The van der Waals surface area contributed by atoms with Crippen LogP contribution in [0.4, 0.5) is 5.69 Å². The van der Waals surface area contributed by atoms with Gasteiger partial charge >= 0.3 is 0 Å². The third-order valence-electron chi connectivity index (χ3n) is 3.33. The Balaban J connectivity index is 1.66. The minimum Gasteiger partial charge on any atom is -0.482 e. The topological polar surface area (TPSA) is 50.4 Å². The molecule has 0 radical (unpaired) electrons. The molecule has 3 rings (SSSR count). The Bertz CT molecular complexity index is 610. The first-order chi connectivity index (χ1) is 9.72. The van der Waals surface area contributed by atoms with Gasteiger partial charge in [0.15, 0.2) is 6.61 Å². The highest BCUT2D eigenvalue weighted by atomic mass is 32.1. The van der Waals surface area contributed by atoms with Gasteiger partial charge < -0.3 is 15.4 Å². The molecule has 104 valence electrons. The van der Waals surface area contributed by atoms with Gasteiger partial charge in [-0.3, -0.25) is 4.79 Å². The monoisotopic (exact) mass is 288 g/mol. The van der Waals surface area contributed by atoms with E-state index in [0.29, 0.717) is 6.04 Å². The number of thiophene rings is 1. The largest absolute Gasteiger partial charge is 0.482 e. The van der Waals surface area contributed by atoms with Crippen LogP contribution in [0.5, 0.6) is 5.75 Å². The second-order valence-corrected chi connectivity index (χ2v) is 5.61. The third kappa shape index (κ3) is 2.84. The Morgan fingerprint density at radius 3 is 3.15 bits per heavy atom. The van der Waals surface area contributed by atoms with Gasteiger partial charge in [0.25, 0.3) is 5.91 Å². The number of ether oxygens (including phenoxy) is 1. The molecular formula is C15H16N2O2S. The third-order valence-corrected chi connectivity index (χ3v) is 4.03. The molecule has 1 aromatic carbocycles. The Kier molecular flexibility index (Phi) is 3.71. The molecule has 0 aliphatic carbocycles. The van der Waals surface area contributed by atoms with Crippen molar-refractivity contribution in [2.45, 2.75) is 19.5 Å². The highest BCUT2D eigenvalue weighted by molar-refractivity contribution is 7.07. The number of hydrogen-bond donors (Lipinski definition) is 2. The van der Waals surface area contributed by atoms with Crippen LogP contribution in [0.2, 0.25) is 0 Å². The summed E-state index contributed by atoms with van der Waals surface area (Å²) in [7, 11) is 0. The van der Waals surface area contributed by atoms with Gasteiger partial charge in [0.2, 0.25) is 0 Å². The zero-order valence-corrected chi connectivity index (χ0v) is 12.0. The van der Waals surface area contributed by atoms with E-state index < -0.39 is 0 Å². The van der Waals surface area contributed by atoms with E-state index in [1.165, 1.54) is 5.56 Å². The van der Waals surface area contributed by atoms with Gasteiger partial charge in [0, 0.05) is 12.6 Å². The maximum atomic E-state index is 11.3. The molecule has 1 aliphatic heterocycles. The van der Waals surface area contributed by atoms with E-state index in [2.05, 4.69) is 34.4 Å². The van der Waals surface area contributed by atoms with Crippen LogP contribution in [0.3, 0.4) is 0 Å². The van der Waals surface area contributed by atoms with Crippen molar-refractivity contribution in [2.24, 2.45) is 0 Å². The van der Waals surface area contributed by atoms with Gasteiger partial charge in [-0.2, -0.15) is 11.3 Å². The molecule has 2 heterocycles. The number of carbonyl (C=O) groups is 1. The minimum atomic E-state index is -0.103. The van der Waals surface area contributed by atoms with E-state index in [1.54, 1.807) is 11.3 Å². The number of nitrogens with one attached hydrogen (secondary N) is 2. The van der Waals surface area contributed by atoms with E-state index in [-0.39, 0.29) is 12.5 Å². The lowest BCUT2D eigenvalue weighted by molar-refractivity contribution is -0.118. The molecule has 2 N–H and O–H groups in total. The Morgan fingerprint density at radius 1 is 1.45 bits per heavy atom. The Labute approximate surface area is 121 Å². The predicted molar refractivity (Wildman–Crippen MR) is 80.1 cm³/mol. The average Bonchev–Trinajstić information content (AvgIpc) is 2.98. The van der Waals surface area contributed by atoms with Crippen LogP contribution in [0.1, 0.15) is 24.1 Å². The molecule has 0 fully saturated rings. The molecule has 1 atom stereocenters. The molecule has 5 heteroatoms. The lowest BCUT2D eigenvalue weighted by Crippen LogP contribution is -2.25. The van der Waals surface area contributed by atoms with Gasteiger partial charge in [-0.25, -0.2) is 0 Å². The normalized spacial score (nSPS) is 15.2. The first kappa shape index (κ1) is 13.1. The smallest absolute Gasteiger partial charge is 0.262 e. The number of rotatable bonds is 4. The van der Waals surface area contributed by atoms with Crippen LogP contribution in [-0.2, 0) is 11.3 Å². The van der Waals surface area contributed by atoms with Crippen LogP contribution in [0.15, 0.2) is 35.0 Å². The van der Waals surface area contributed by atoms with Crippen LogP contribution in [0.25, 0.3) is 0 Å². The van der Waals surface area contributed by atoms with E-state index in [0.717, 1.165) is 23.5 Å². The summed E-state index contributed by atoms with van der Waals surface area (Å²) < 4.78 is 5.34. The lowest BCUT2D eigenvalue weighted by atomic mass is 10.1. The molecule has 0 bridgehead atoms. The SMILES string of the molecule is CC(NCc1ccc2c(c1)NC(=O)CO2)c1ccsc1. The fourth-order valence-corrected chi connectivity index (χ4v) is 2.90. The first-order valence-electron chi connectivity index (χ1n) is 6.53. The molecule has 0 saturated heterocycles. The Hall–Kier alpha value is -1.85. The second-order valence-electron chi connectivity index (χ2n) is 4.83. The Morgan fingerprint density at radius 2 is 2.35 bits per heavy atom. The number of benzene rings is 1. The van der Waals surface area contributed by atoms with Crippen molar-refractivity contribution < 1.29 is 9.53 Å². The van der Waals surface area contributed by atoms with Crippen LogP contribution in [-0.4, -0.2) is 12.5 Å². The first-order valence-corrected chi connectivity index (χ1v) is 7.48. The molecule has 1 aliphatic rings. The fraction of sp³-hybridized carbons (Fsp3) is 0.267. The molecule has 2 aromatic rings. The summed E-state index contributed by atoms with van der Waals surface area (Å²) in [6.07, 6.45) is 0. The van der Waals surface area contributed by atoms with Crippen LogP contribution in [0, 0.1) is 0 Å². The average molecular weight is 288 g/mol. The van der Waals surface area contributed by atoms with Crippen molar-refractivity contribution in [1.82, 2.24) is 5.32 Å². The maximum Gasteiger partial charge on any atom is 0.262 e. The molecule has 1 aromatic heterocycles. The van der Waals surface area contributed by atoms with Crippen molar-refractivity contribution in [3.05, 3.63) is 46.2 Å². The van der Waals surface area contributed by atoms with E-state index in [4.69, 9.17) is 4.74 Å². The van der Waals surface area contributed by atoms with Crippen LogP contribution >= 0.6 is 11.3 Å². The summed E-state index contributed by atoms with van der Waals surface area (Å²) in [5.41, 5.74) is 3.17. The number of fused-ring (bicyclic) bond motifs is 1. The van der Waals surface area contributed by atoms with Gasteiger partial charge in [-0.15, -0.1) is 0 Å². The fourth-order valence-electron chi connectivity index (χ4n) is 2.15. The molecular weight excluding hydrogens is 272 g/mol. The molecule has 4 nitrogen and oxygen atoms in total. The zero-order valence-electron chi connectivity index (χ0n) is 11.2. The van der Waals surface area contributed by atoms with Crippen molar-refractivity contribution in [3.8, 4) is 5.75 Å². The predicted octanol–water partition coefficient (Wildman–Crippen LogP) is 2.93. The molecule has 20 heavy (non-hydrogen) atoms. The zero-order chi connectivity index (χ0) is 13.9. The summed E-state index contributed by atoms with van der Waals surface area (Å²) in [6.45, 7) is 2.99. The second kappa shape index (κ2) is 5.64. The summed E-state index contributed by atoms with van der Waals surface area (Å²) >= 11 is 1.70. The van der Waals surface area contributed by atoms with Crippen LogP contribution < -0.4 is 15.4 Å². The summed E-state index contributed by atoms with van der Waals surface area (Å²) in [5.74, 6) is 0.633. The maximum absolute atomic E-state index is 11.3. The van der Waals surface area contributed by atoms with E-state index in [1.807, 2.05) is 18.2 Å². The highest BCUT2D eigenvalue weighted by Gasteiger charge is 2.16. The van der Waals surface area contributed by atoms with Crippen molar-refractivity contribution in [2.75, 3.05) is 11.9 Å². The van der Waals surface area contributed by atoms with Gasteiger partial charge in [0.1, 0.15) is 5.75 Å². The number of anilines is 1. The number of hydrogen-bond acceptors (Lipinski definition) is 4. The van der Waals surface area contributed by atoms with Gasteiger partial charge in [0.05, 0.1) is 5.69 Å². The standard InChI is InChI=1S/C15H16N2O2S/c1-10(12-4-5-20-9-12)16-7-11-2-3-14-13(6-11)17-15(18)8-19-14/h2-6,9-10,16H,7-8H2,1H3,(H,17,18). The van der Waals surface area contributed by atoms with E-state index in [9.17, 15) is 4.79 Å². The number of carbonyl (C=O) groups excluding carboxylic acids is 1. The quantitative estimate of drug-likeness (QED) is 0.909. The summed E-state index contributed by atoms with van der Waals surface area (Å²) in [6, 6.07) is 8.32. The summed E-state index contributed by atoms with van der Waals surface area (Å²) in [4.78, 5) is 11.3. The summed E-state index contributed by atoms with van der Waals surface area (Å²) in [5, 5.41) is 10.5. The highest BCUT2D eigenvalue weighted by Crippen LogP contribution is 2.28. The van der Waals surface area contributed by atoms with Crippen molar-refractivity contribution >= 4 is 22.9 Å². The molecule has 1 unspecified atom stereocenters. The molecule has 0 saturated carbocycles. The molecule has 1 amide bonds. The van der Waals surface area contributed by atoms with Crippen molar-refractivity contribution in [1.29, 1.82) is 0 Å². The van der Waals surface area contributed by atoms with E-state index >= 15 is 0 Å². The lowest BCUT2D eigenvalue weighted by Gasteiger charge is -2.19. The number of amides is 1. The molecule has 0 spiro atoms. The van der Waals surface area contributed by atoms with Gasteiger partial charge in [-0.05, 0) is 47.0 Å². The van der Waals surface area contributed by atoms with Crippen molar-refractivity contribution in [3.63, 3.8) is 0 Å².